The van der Waals surface area contributed by atoms with Crippen molar-refractivity contribution in [2.24, 2.45) is 11.8 Å². The number of carbonyl (C=O) groups excluding carboxylic acids is 1. The number of ketones is 1. The van der Waals surface area contributed by atoms with E-state index >= 15 is 0 Å². The van der Waals surface area contributed by atoms with E-state index in [0.717, 1.165) is 41.3 Å². The Bertz CT molecular complexity index is 574. The highest BCUT2D eigenvalue weighted by Crippen LogP contribution is 2.46. The maximum absolute atomic E-state index is 12.5. The molecule has 1 aromatic rings. The minimum absolute atomic E-state index is 0.125. The van der Waals surface area contributed by atoms with Crippen LogP contribution in [-0.2, 0) is 11.2 Å². The van der Waals surface area contributed by atoms with Crippen molar-refractivity contribution >= 4 is 27.3 Å². The van der Waals surface area contributed by atoms with Crippen LogP contribution >= 0.6 is 15.9 Å². The first kappa shape index (κ1) is 12.9. The number of benzene rings is 1. The first-order chi connectivity index (χ1) is 9.11. The molecule has 0 spiro atoms. The zero-order valence-corrected chi connectivity index (χ0v) is 12.5. The Labute approximate surface area is 121 Å². The van der Waals surface area contributed by atoms with E-state index in [1.54, 1.807) is 0 Å². The van der Waals surface area contributed by atoms with Crippen LogP contribution in [0.5, 0.6) is 0 Å². The summed E-state index contributed by atoms with van der Waals surface area (Å²) in [6.07, 6.45) is 3.57. The molecule has 100 valence electrons. The molecular weight excluding hydrogens is 304 g/mol. The minimum Gasteiger partial charge on any atom is -0.511 e. The average Bonchev–Trinajstić information content (AvgIpc) is 2.84. The normalized spacial score (nSPS) is 26.1. The number of carbonyl (C=O) groups is 1. The lowest BCUT2D eigenvalue weighted by Gasteiger charge is -2.23. The topological polar surface area (TPSA) is 37.3 Å². The zero-order chi connectivity index (χ0) is 13.6. The van der Waals surface area contributed by atoms with Gasteiger partial charge in [0.05, 0.1) is 5.57 Å². The van der Waals surface area contributed by atoms with Crippen LogP contribution < -0.4 is 0 Å². The fraction of sp³-hybridized carbons (Fsp3) is 0.438. The lowest BCUT2D eigenvalue weighted by atomic mass is 9.82. The first-order valence-electron chi connectivity index (χ1n) is 6.88. The summed E-state index contributed by atoms with van der Waals surface area (Å²) in [4.78, 5) is 12.5. The number of aliphatic hydroxyl groups is 1. The van der Waals surface area contributed by atoms with Gasteiger partial charge in [-0.3, -0.25) is 4.79 Å². The van der Waals surface area contributed by atoms with Gasteiger partial charge in [0, 0.05) is 16.3 Å². The molecule has 2 atom stereocenters. The molecule has 0 aromatic heterocycles. The molecule has 19 heavy (non-hydrogen) atoms. The molecule has 1 N–H and O–H groups in total. The van der Waals surface area contributed by atoms with Crippen molar-refractivity contribution in [3.63, 3.8) is 0 Å². The van der Waals surface area contributed by atoms with Crippen LogP contribution in [0.2, 0.25) is 0 Å². The van der Waals surface area contributed by atoms with Gasteiger partial charge in [0.25, 0.3) is 0 Å². The van der Waals surface area contributed by atoms with Gasteiger partial charge in [-0.25, -0.2) is 0 Å². The highest BCUT2D eigenvalue weighted by Gasteiger charge is 2.41. The number of allylic oxidation sites excluding steroid dienone is 2. The number of fused-ring (bicyclic) bond motifs is 2. The lowest BCUT2D eigenvalue weighted by Crippen LogP contribution is -2.21. The second-order valence-electron chi connectivity index (χ2n) is 5.49. The summed E-state index contributed by atoms with van der Waals surface area (Å²) >= 11 is 3.46. The standard InChI is InChI=1S/C16H17BrO2/c1-2-9-5-6-12(17)8-13(9)14-15(18)10-3-4-11(7-10)16(14)19/h5-6,8,10-11,18H,2-4,7H2,1H3. The van der Waals surface area contributed by atoms with Gasteiger partial charge in [0.15, 0.2) is 5.78 Å². The van der Waals surface area contributed by atoms with Gasteiger partial charge < -0.3 is 5.11 Å². The van der Waals surface area contributed by atoms with Crippen molar-refractivity contribution in [3.05, 3.63) is 39.6 Å². The van der Waals surface area contributed by atoms with Gasteiger partial charge in [-0.05, 0) is 48.9 Å². The van der Waals surface area contributed by atoms with E-state index in [1.807, 2.05) is 18.2 Å². The maximum Gasteiger partial charge on any atom is 0.169 e. The SMILES string of the molecule is CCc1ccc(Br)cc1C1=C(O)C2CCC(C2)C1=O. The zero-order valence-electron chi connectivity index (χ0n) is 10.9. The molecule has 2 unspecified atom stereocenters. The second kappa shape index (κ2) is 4.78. The number of hydrogen-bond acceptors (Lipinski definition) is 2. The fourth-order valence-electron chi connectivity index (χ4n) is 3.36. The fourth-order valence-corrected chi connectivity index (χ4v) is 3.72. The average molecular weight is 321 g/mol. The molecule has 0 aliphatic heterocycles. The van der Waals surface area contributed by atoms with Crippen LogP contribution in [0.3, 0.4) is 0 Å². The van der Waals surface area contributed by atoms with E-state index in [2.05, 4.69) is 22.9 Å². The molecule has 0 saturated heterocycles. The molecule has 0 radical (unpaired) electrons. The van der Waals surface area contributed by atoms with E-state index in [-0.39, 0.29) is 17.6 Å². The Hall–Kier alpha value is -1.09. The summed E-state index contributed by atoms with van der Waals surface area (Å²) in [6, 6.07) is 5.98. The molecule has 2 aliphatic rings. The number of rotatable bonds is 2. The van der Waals surface area contributed by atoms with E-state index in [0.29, 0.717) is 11.3 Å². The molecule has 1 aromatic carbocycles. The van der Waals surface area contributed by atoms with E-state index in [9.17, 15) is 9.90 Å². The highest BCUT2D eigenvalue weighted by molar-refractivity contribution is 9.10. The molecule has 0 heterocycles. The molecule has 1 saturated carbocycles. The number of aliphatic hydroxyl groups excluding tert-OH is 1. The highest BCUT2D eigenvalue weighted by atomic mass is 79.9. The lowest BCUT2D eigenvalue weighted by molar-refractivity contribution is -0.117. The Morgan fingerprint density at radius 2 is 2.05 bits per heavy atom. The van der Waals surface area contributed by atoms with Crippen molar-refractivity contribution in [1.82, 2.24) is 0 Å². The number of halogens is 1. The number of Topliss-reactive ketones (excluding diaryl/α,β-unsaturated/α-hetero) is 1. The van der Waals surface area contributed by atoms with Gasteiger partial charge in [-0.2, -0.15) is 0 Å². The summed E-state index contributed by atoms with van der Waals surface area (Å²) in [5.41, 5.74) is 2.62. The van der Waals surface area contributed by atoms with Crippen LogP contribution in [0.4, 0.5) is 0 Å². The quantitative estimate of drug-likeness (QED) is 0.883. The van der Waals surface area contributed by atoms with Crippen LogP contribution in [0, 0.1) is 11.8 Å². The Morgan fingerprint density at radius 1 is 1.32 bits per heavy atom. The monoisotopic (exact) mass is 320 g/mol. The van der Waals surface area contributed by atoms with Gasteiger partial charge in [0.2, 0.25) is 0 Å². The van der Waals surface area contributed by atoms with Crippen molar-refractivity contribution in [3.8, 4) is 0 Å². The van der Waals surface area contributed by atoms with Gasteiger partial charge >= 0.3 is 0 Å². The molecule has 1 fully saturated rings. The summed E-state index contributed by atoms with van der Waals surface area (Å²) in [6.45, 7) is 2.08. The van der Waals surface area contributed by atoms with Crippen LogP contribution in [0.15, 0.2) is 28.4 Å². The second-order valence-corrected chi connectivity index (χ2v) is 6.40. The van der Waals surface area contributed by atoms with Crippen molar-refractivity contribution in [1.29, 1.82) is 0 Å². The van der Waals surface area contributed by atoms with Crippen molar-refractivity contribution in [2.75, 3.05) is 0 Å². The molecule has 0 amide bonds. The summed E-state index contributed by atoms with van der Waals surface area (Å²) < 4.78 is 0.950. The Balaban J connectivity index is 2.18. The molecule has 3 rings (SSSR count). The van der Waals surface area contributed by atoms with Crippen LogP contribution in [0.1, 0.15) is 37.3 Å². The molecule has 2 nitrogen and oxygen atoms in total. The predicted molar refractivity (Wildman–Crippen MR) is 78.9 cm³/mol. The summed E-state index contributed by atoms with van der Waals surface area (Å²) in [5.74, 6) is 0.784. The summed E-state index contributed by atoms with van der Waals surface area (Å²) in [7, 11) is 0. The largest absolute Gasteiger partial charge is 0.511 e. The maximum atomic E-state index is 12.5. The molecular formula is C16H17BrO2. The predicted octanol–water partition coefficient (Wildman–Crippen LogP) is 4.28. The number of aryl methyl sites for hydroxylation is 1. The Morgan fingerprint density at radius 3 is 2.79 bits per heavy atom. The summed E-state index contributed by atoms with van der Waals surface area (Å²) in [5, 5.41) is 10.4. The van der Waals surface area contributed by atoms with E-state index < -0.39 is 0 Å². The number of hydrogen-bond donors (Lipinski definition) is 1. The van der Waals surface area contributed by atoms with Gasteiger partial charge in [-0.15, -0.1) is 0 Å². The van der Waals surface area contributed by atoms with E-state index in [1.165, 1.54) is 0 Å². The first-order valence-corrected chi connectivity index (χ1v) is 7.67. The molecule has 3 heteroatoms. The Kier molecular flexibility index (Phi) is 3.25. The van der Waals surface area contributed by atoms with E-state index in [4.69, 9.17) is 0 Å². The third kappa shape index (κ3) is 2.04. The van der Waals surface area contributed by atoms with Crippen LogP contribution in [0.25, 0.3) is 5.57 Å². The molecule has 2 bridgehead atoms. The third-order valence-electron chi connectivity index (χ3n) is 4.41. The van der Waals surface area contributed by atoms with Crippen LogP contribution in [-0.4, -0.2) is 10.9 Å². The molecule has 2 aliphatic carbocycles. The van der Waals surface area contributed by atoms with Gasteiger partial charge in [0.1, 0.15) is 5.76 Å². The minimum atomic E-state index is 0.125. The van der Waals surface area contributed by atoms with Gasteiger partial charge in [-0.1, -0.05) is 28.9 Å². The van der Waals surface area contributed by atoms with Crippen molar-refractivity contribution in [2.45, 2.75) is 32.6 Å². The van der Waals surface area contributed by atoms with Crippen molar-refractivity contribution < 1.29 is 9.90 Å². The third-order valence-corrected chi connectivity index (χ3v) is 4.91. The smallest absolute Gasteiger partial charge is 0.169 e.